The van der Waals surface area contributed by atoms with Crippen molar-refractivity contribution >= 4 is 23.7 Å². The van der Waals surface area contributed by atoms with Crippen molar-refractivity contribution in [1.29, 1.82) is 0 Å². The largest absolute Gasteiger partial charge is 0.467 e. The van der Waals surface area contributed by atoms with Crippen LogP contribution < -0.4 is 15.0 Å². The molecule has 2 heterocycles. The molecule has 2 atom stereocenters. The molecule has 1 saturated heterocycles. The van der Waals surface area contributed by atoms with Crippen molar-refractivity contribution < 1.29 is 4.74 Å². The summed E-state index contributed by atoms with van der Waals surface area (Å²) >= 11 is 1.98. The van der Waals surface area contributed by atoms with Crippen LogP contribution in [-0.2, 0) is 0 Å². The van der Waals surface area contributed by atoms with Gasteiger partial charge in [0.25, 0.3) is 0 Å². The summed E-state index contributed by atoms with van der Waals surface area (Å²) in [5.41, 5.74) is 0. The zero-order chi connectivity index (χ0) is 13.1. The molecule has 2 rings (SSSR count). The van der Waals surface area contributed by atoms with E-state index in [0.717, 1.165) is 12.3 Å². The van der Waals surface area contributed by atoms with E-state index in [0.29, 0.717) is 29.2 Å². The van der Waals surface area contributed by atoms with Crippen LogP contribution in [0.1, 0.15) is 13.8 Å². The minimum Gasteiger partial charge on any atom is -0.467 e. The first-order valence-electron chi connectivity index (χ1n) is 6.01. The summed E-state index contributed by atoms with van der Waals surface area (Å²) < 4.78 is 5.12. The Hall–Kier alpha value is -1.24. The lowest BCUT2D eigenvalue weighted by Crippen LogP contribution is -2.45. The van der Waals surface area contributed by atoms with Crippen molar-refractivity contribution in [2.24, 2.45) is 0 Å². The van der Waals surface area contributed by atoms with Gasteiger partial charge in [0, 0.05) is 30.6 Å². The average molecular weight is 269 g/mol. The summed E-state index contributed by atoms with van der Waals surface area (Å²) in [6.45, 7) is 5.39. The summed E-state index contributed by atoms with van der Waals surface area (Å²) in [6.07, 6.45) is 0. The first-order valence-corrected chi connectivity index (χ1v) is 7.06. The maximum atomic E-state index is 5.12. The smallest absolute Gasteiger partial charge is 0.322 e. The van der Waals surface area contributed by atoms with Gasteiger partial charge in [-0.15, -0.1) is 0 Å². The fourth-order valence-corrected chi connectivity index (χ4v) is 2.99. The van der Waals surface area contributed by atoms with Crippen molar-refractivity contribution in [3.63, 3.8) is 0 Å². The van der Waals surface area contributed by atoms with Crippen molar-refractivity contribution in [3.8, 4) is 6.01 Å². The van der Waals surface area contributed by atoms with Crippen molar-refractivity contribution in [1.82, 2.24) is 15.0 Å². The molecule has 2 unspecified atom stereocenters. The Balaban J connectivity index is 2.31. The molecule has 0 bridgehead atoms. The van der Waals surface area contributed by atoms with Gasteiger partial charge in [-0.05, 0) is 6.92 Å². The first-order chi connectivity index (χ1) is 8.65. The highest BCUT2D eigenvalue weighted by Crippen LogP contribution is 2.27. The molecule has 1 fully saturated rings. The van der Waals surface area contributed by atoms with E-state index in [1.165, 1.54) is 0 Å². The molecule has 100 valence electrons. The predicted molar refractivity (Wildman–Crippen MR) is 74.7 cm³/mol. The Bertz CT molecular complexity index is 394. The van der Waals surface area contributed by atoms with Crippen molar-refractivity contribution in [3.05, 3.63) is 0 Å². The van der Waals surface area contributed by atoms with Gasteiger partial charge in [-0.25, -0.2) is 0 Å². The van der Waals surface area contributed by atoms with E-state index in [-0.39, 0.29) is 0 Å². The number of nitrogens with one attached hydrogen (secondary N) is 1. The van der Waals surface area contributed by atoms with Gasteiger partial charge in [0.1, 0.15) is 0 Å². The Morgan fingerprint density at radius 3 is 2.78 bits per heavy atom. The molecular weight excluding hydrogens is 250 g/mol. The second-order valence-electron chi connectivity index (χ2n) is 4.21. The van der Waals surface area contributed by atoms with Gasteiger partial charge in [-0.1, -0.05) is 6.92 Å². The maximum Gasteiger partial charge on any atom is 0.322 e. The summed E-state index contributed by atoms with van der Waals surface area (Å²) in [5.74, 6) is 2.31. The number of nitrogens with zero attached hydrogens (tertiary/aromatic N) is 4. The van der Waals surface area contributed by atoms with Crippen LogP contribution in [0.4, 0.5) is 11.9 Å². The number of rotatable bonds is 3. The summed E-state index contributed by atoms with van der Waals surface area (Å²) in [5, 5.41) is 3.50. The molecule has 0 aromatic carbocycles. The predicted octanol–water partition coefficient (Wildman–Crippen LogP) is 1.25. The second kappa shape index (κ2) is 5.60. The van der Waals surface area contributed by atoms with E-state index < -0.39 is 0 Å². The van der Waals surface area contributed by atoms with Gasteiger partial charge >= 0.3 is 6.01 Å². The van der Waals surface area contributed by atoms with Crippen LogP contribution in [0, 0.1) is 0 Å². The van der Waals surface area contributed by atoms with E-state index in [2.05, 4.69) is 39.0 Å². The monoisotopic (exact) mass is 269 g/mol. The number of hydrogen-bond acceptors (Lipinski definition) is 7. The standard InChI is InChI=1S/C11H19N5OS/c1-7-8(2)18-6-5-16(7)10-13-9(12-3)14-11(15-10)17-4/h7-8H,5-6H2,1-4H3,(H,12,13,14,15). The van der Waals surface area contributed by atoms with E-state index in [1.807, 2.05) is 11.8 Å². The summed E-state index contributed by atoms with van der Waals surface area (Å²) in [6, 6.07) is 0.753. The topological polar surface area (TPSA) is 63.2 Å². The van der Waals surface area contributed by atoms with E-state index >= 15 is 0 Å². The summed E-state index contributed by atoms with van der Waals surface area (Å²) in [7, 11) is 3.35. The Labute approximate surface area is 112 Å². The van der Waals surface area contributed by atoms with Gasteiger partial charge in [-0.3, -0.25) is 0 Å². The maximum absolute atomic E-state index is 5.12. The van der Waals surface area contributed by atoms with Crippen molar-refractivity contribution in [2.75, 3.05) is 36.7 Å². The van der Waals surface area contributed by atoms with Gasteiger partial charge in [0.05, 0.1) is 7.11 Å². The van der Waals surface area contributed by atoms with Crippen LogP contribution in [0.15, 0.2) is 0 Å². The number of anilines is 2. The lowest BCUT2D eigenvalue weighted by Gasteiger charge is -2.37. The molecule has 1 aromatic rings. The molecule has 0 radical (unpaired) electrons. The number of methoxy groups -OCH3 is 1. The molecular formula is C11H19N5OS. The highest BCUT2D eigenvalue weighted by molar-refractivity contribution is 8.00. The number of hydrogen-bond donors (Lipinski definition) is 1. The molecule has 1 N–H and O–H groups in total. The van der Waals surface area contributed by atoms with E-state index in [4.69, 9.17) is 4.74 Å². The average Bonchev–Trinajstić information content (AvgIpc) is 2.41. The Kier molecular flexibility index (Phi) is 4.11. The molecule has 0 aliphatic carbocycles. The molecule has 0 amide bonds. The van der Waals surface area contributed by atoms with Crippen LogP contribution in [-0.4, -0.2) is 52.7 Å². The normalized spacial score (nSPS) is 23.9. The van der Waals surface area contributed by atoms with E-state index in [9.17, 15) is 0 Å². The van der Waals surface area contributed by atoms with Gasteiger partial charge in [0.2, 0.25) is 11.9 Å². The molecule has 1 aliphatic heterocycles. The Morgan fingerprint density at radius 2 is 2.11 bits per heavy atom. The molecule has 0 spiro atoms. The molecule has 7 heteroatoms. The zero-order valence-corrected chi connectivity index (χ0v) is 12.0. The minimum absolute atomic E-state index is 0.349. The van der Waals surface area contributed by atoms with Crippen LogP contribution in [0.25, 0.3) is 0 Å². The van der Waals surface area contributed by atoms with Crippen LogP contribution in [0.2, 0.25) is 0 Å². The molecule has 6 nitrogen and oxygen atoms in total. The number of thioether (sulfide) groups is 1. The SMILES string of the molecule is CNc1nc(OC)nc(N2CCSC(C)C2C)n1. The fraction of sp³-hybridized carbons (Fsp3) is 0.727. The quantitative estimate of drug-likeness (QED) is 0.886. The zero-order valence-electron chi connectivity index (χ0n) is 11.2. The molecule has 1 aromatic heterocycles. The van der Waals surface area contributed by atoms with Gasteiger partial charge < -0.3 is 15.0 Å². The van der Waals surface area contributed by atoms with E-state index in [1.54, 1.807) is 14.2 Å². The lowest BCUT2D eigenvalue weighted by atomic mass is 10.2. The highest BCUT2D eigenvalue weighted by Gasteiger charge is 2.27. The third-order valence-corrected chi connectivity index (χ3v) is 4.49. The second-order valence-corrected chi connectivity index (χ2v) is 5.69. The highest BCUT2D eigenvalue weighted by atomic mass is 32.2. The third kappa shape index (κ3) is 2.60. The van der Waals surface area contributed by atoms with Crippen LogP contribution in [0.5, 0.6) is 6.01 Å². The van der Waals surface area contributed by atoms with Gasteiger partial charge in [-0.2, -0.15) is 26.7 Å². The number of ether oxygens (including phenoxy) is 1. The molecule has 18 heavy (non-hydrogen) atoms. The fourth-order valence-electron chi connectivity index (χ4n) is 1.89. The minimum atomic E-state index is 0.349. The third-order valence-electron chi connectivity index (χ3n) is 3.15. The number of aromatic nitrogens is 3. The Morgan fingerprint density at radius 1 is 1.33 bits per heavy atom. The summed E-state index contributed by atoms with van der Waals surface area (Å²) in [4.78, 5) is 15.1. The van der Waals surface area contributed by atoms with Crippen LogP contribution in [0.3, 0.4) is 0 Å². The van der Waals surface area contributed by atoms with Crippen molar-refractivity contribution in [2.45, 2.75) is 25.1 Å². The van der Waals surface area contributed by atoms with Gasteiger partial charge in [0.15, 0.2) is 0 Å². The first kappa shape index (κ1) is 13.2. The molecule has 1 aliphatic rings. The lowest BCUT2D eigenvalue weighted by molar-refractivity contribution is 0.378. The molecule has 0 saturated carbocycles. The van der Waals surface area contributed by atoms with Crippen LogP contribution >= 0.6 is 11.8 Å².